The molecular formula is C21H18N2O7S. The third-order valence-corrected chi connectivity index (χ3v) is 5.10. The minimum absolute atomic E-state index is 0.0787. The van der Waals surface area contributed by atoms with Gasteiger partial charge in [-0.1, -0.05) is 30.3 Å². The molecule has 0 aliphatic carbocycles. The minimum atomic E-state index is -0.537. The van der Waals surface area contributed by atoms with Crippen LogP contribution in [-0.2, 0) is 20.9 Å². The molecule has 31 heavy (non-hydrogen) atoms. The van der Waals surface area contributed by atoms with Crippen LogP contribution in [0.25, 0.3) is 6.08 Å². The van der Waals surface area contributed by atoms with Gasteiger partial charge in [-0.15, -0.1) is 0 Å². The van der Waals surface area contributed by atoms with Crippen molar-refractivity contribution in [2.45, 2.75) is 13.5 Å². The minimum Gasteiger partial charge on any atom is -0.481 e. The summed E-state index contributed by atoms with van der Waals surface area (Å²) in [6.45, 7) is 1.56. The molecule has 2 aromatic rings. The molecule has 1 saturated heterocycles. The summed E-state index contributed by atoms with van der Waals surface area (Å²) in [6.07, 6.45) is 1.51. The average Bonchev–Trinajstić information content (AvgIpc) is 3.01. The number of nitrogens with zero attached hydrogens (tertiary/aromatic N) is 2. The fourth-order valence-corrected chi connectivity index (χ4v) is 3.63. The zero-order valence-electron chi connectivity index (χ0n) is 16.5. The zero-order chi connectivity index (χ0) is 22.4. The average molecular weight is 442 g/mol. The smallest absolute Gasteiger partial charge is 0.344 e. The Kier molecular flexibility index (Phi) is 7.03. The maximum atomic E-state index is 12.8. The molecule has 0 saturated carbocycles. The number of non-ortho nitro benzene ring substituents is 1. The second kappa shape index (κ2) is 9.90. The zero-order valence-corrected chi connectivity index (χ0v) is 17.3. The summed E-state index contributed by atoms with van der Waals surface area (Å²) in [5.41, 5.74) is 0.872. The van der Waals surface area contributed by atoms with Crippen molar-refractivity contribution < 1.29 is 28.8 Å². The number of hydrogen-bond donors (Lipinski definition) is 0. The number of esters is 1. The fourth-order valence-electron chi connectivity index (χ4n) is 2.80. The van der Waals surface area contributed by atoms with E-state index in [9.17, 15) is 24.5 Å². The normalized spacial score (nSPS) is 14.7. The summed E-state index contributed by atoms with van der Waals surface area (Å²) in [4.78, 5) is 48.3. The molecule has 1 aliphatic heterocycles. The number of para-hydroxylation sites is 1. The highest BCUT2D eigenvalue weighted by atomic mass is 32.2. The standard InChI is InChI=1S/C21H18N2O7S/c1-2-29-19(24)13-30-17-9-4-3-7-15(17)11-18-20(25)22(21(26)31-18)12-14-6-5-8-16(10-14)23(27)28/h3-11H,2,12-13H2,1H3. The predicted molar refractivity (Wildman–Crippen MR) is 113 cm³/mol. The van der Waals surface area contributed by atoms with E-state index in [1.807, 2.05) is 0 Å². The van der Waals surface area contributed by atoms with Crippen LogP contribution in [0.4, 0.5) is 10.5 Å². The molecule has 10 heteroatoms. The van der Waals surface area contributed by atoms with E-state index >= 15 is 0 Å². The Morgan fingerprint density at radius 3 is 2.71 bits per heavy atom. The van der Waals surface area contributed by atoms with Gasteiger partial charge in [0.05, 0.1) is 23.0 Å². The third-order valence-electron chi connectivity index (χ3n) is 4.19. The van der Waals surface area contributed by atoms with Gasteiger partial charge in [0.15, 0.2) is 6.61 Å². The third kappa shape index (κ3) is 5.48. The lowest BCUT2D eigenvalue weighted by Crippen LogP contribution is -2.27. The van der Waals surface area contributed by atoms with Crippen LogP contribution in [0.1, 0.15) is 18.1 Å². The van der Waals surface area contributed by atoms with E-state index in [1.54, 1.807) is 37.3 Å². The van der Waals surface area contributed by atoms with Crippen molar-refractivity contribution in [2.24, 2.45) is 0 Å². The summed E-state index contributed by atoms with van der Waals surface area (Å²) in [6, 6.07) is 12.5. The number of nitro benzene ring substituents is 1. The Bertz CT molecular complexity index is 1070. The number of carbonyl (C=O) groups excluding carboxylic acids is 3. The van der Waals surface area contributed by atoms with Crippen LogP contribution in [0.5, 0.6) is 5.75 Å². The highest BCUT2D eigenvalue weighted by Crippen LogP contribution is 2.35. The van der Waals surface area contributed by atoms with Crippen molar-refractivity contribution in [1.82, 2.24) is 4.90 Å². The molecule has 1 fully saturated rings. The molecular weight excluding hydrogens is 424 g/mol. The molecule has 160 valence electrons. The van der Waals surface area contributed by atoms with Crippen LogP contribution in [0.15, 0.2) is 53.4 Å². The van der Waals surface area contributed by atoms with Gasteiger partial charge in [0.25, 0.3) is 16.8 Å². The van der Waals surface area contributed by atoms with E-state index < -0.39 is 22.0 Å². The van der Waals surface area contributed by atoms with Gasteiger partial charge < -0.3 is 9.47 Å². The lowest BCUT2D eigenvalue weighted by Gasteiger charge is -2.12. The van der Waals surface area contributed by atoms with Crippen LogP contribution in [0.2, 0.25) is 0 Å². The number of amides is 2. The molecule has 0 radical (unpaired) electrons. The molecule has 0 spiro atoms. The van der Waals surface area contributed by atoms with Crippen LogP contribution in [-0.4, -0.2) is 40.2 Å². The maximum Gasteiger partial charge on any atom is 0.344 e. The molecule has 1 aliphatic rings. The number of imide groups is 1. The monoisotopic (exact) mass is 442 g/mol. The highest BCUT2D eigenvalue weighted by molar-refractivity contribution is 8.18. The van der Waals surface area contributed by atoms with Crippen molar-refractivity contribution in [3.63, 3.8) is 0 Å². The van der Waals surface area contributed by atoms with Gasteiger partial charge >= 0.3 is 5.97 Å². The number of carbonyl (C=O) groups is 3. The van der Waals surface area contributed by atoms with E-state index in [0.717, 1.165) is 16.7 Å². The van der Waals surface area contributed by atoms with E-state index in [-0.39, 0.29) is 30.4 Å². The largest absolute Gasteiger partial charge is 0.481 e. The van der Waals surface area contributed by atoms with Gasteiger partial charge in [0.1, 0.15) is 5.75 Å². The van der Waals surface area contributed by atoms with Crippen molar-refractivity contribution in [3.8, 4) is 5.75 Å². The Balaban J connectivity index is 1.77. The van der Waals surface area contributed by atoms with Gasteiger partial charge in [0, 0.05) is 17.7 Å². The number of ether oxygens (including phenoxy) is 2. The first kappa shape index (κ1) is 22.0. The second-order valence-corrected chi connectivity index (χ2v) is 7.32. The predicted octanol–water partition coefficient (Wildman–Crippen LogP) is 3.77. The lowest BCUT2D eigenvalue weighted by atomic mass is 10.1. The molecule has 9 nitrogen and oxygen atoms in total. The molecule has 0 N–H and O–H groups in total. The molecule has 1 heterocycles. The number of benzene rings is 2. The Labute approximate surface area is 181 Å². The van der Waals surface area contributed by atoms with Gasteiger partial charge in [-0.3, -0.25) is 24.6 Å². The highest BCUT2D eigenvalue weighted by Gasteiger charge is 2.35. The number of rotatable bonds is 8. The van der Waals surface area contributed by atoms with E-state index in [2.05, 4.69) is 0 Å². The summed E-state index contributed by atoms with van der Waals surface area (Å²) < 4.78 is 10.3. The van der Waals surface area contributed by atoms with Crippen molar-refractivity contribution >= 4 is 40.6 Å². The first-order valence-electron chi connectivity index (χ1n) is 9.25. The molecule has 0 unspecified atom stereocenters. The number of nitro groups is 1. The fraction of sp³-hybridized carbons (Fsp3) is 0.190. The van der Waals surface area contributed by atoms with Gasteiger partial charge in [-0.2, -0.15) is 0 Å². The number of thioether (sulfide) groups is 1. The van der Waals surface area contributed by atoms with E-state index in [4.69, 9.17) is 9.47 Å². The van der Waals surface area contributed by atoms with E-state index in [1.165, 1.54) is 24.3 Å². The maximum absolute atomic E-state index is 12.8. The Morgan fingerprint density at radius 1 is 1.19 bits per heavy atom. The van der Waals surface area contributed by atoms with Gasteiger partial charge in [-0.05, 0) is 36.4 Å². The molecule has 0 aromatic heterocycles. The van der Waals surface area contributed by atoms with Crippen molar-refractivity contribution in [2.75, 3.05) is 13.2 Å². The van der Waals surface area contributed by atoms with Crippen LogP contribution in [0.3, 0.4) is 0 Å². The summed E-state index contributed by atoms with van der Waals surface area (Å²) >= 11 is 0.765. The van der Waals surface area contributed by atoms with Crippen LogP contribution in [0, 0.1) is 10.1 Å². The lowest BCUT2D eigenvalue weighted by molar-refractivity contribution is -0.384. The molecule has 0 bridgehead atoms. The first-order chi connectivity index (χ1) is 14.9. The second-order valence-electron chi connectivity index (χ2n) is 6.33. The Morgan fingerprint density at radius 2 is 1.97 bits per heavy atom. The quantitative estimate of drug-likeness (QED) is 0.262. The van der Waals surface area contributed by atoms with Gasteiger partial charge in [-0.25, -0.2) is 4.79 Å². The van der Waals surface area contributed by atoms with E-state index in [0.29, 0.717) is 16.9 Å². The summed E-state index contributed by atoms with van der Waals surface area (Å²) in [5, 5.41) is 10.5. The summed E-state index contributed by atoms with van der Waals surface area (Å²) in [7, 11) is 0. The van der Waals surface area contributed by atoms with Crippen LogP contribution >= 0.6 is 11.8 Å². The first-order valence-corrected chi connectivity index (χ1v) is 10.1. The van der Waals surface area contributed by atoms with Crippen molar-refractivity contribution in [1.29, 1.82) is 0 Å². The molecule has 2 amide bonds. The number of hydrogen-bond acceptors (Lipinski definition) is 8. The van der Waals surface area contributed by atoms with Crippen LogP contribution < -0.4 is 4.74 Å². The topological polar surface area (TPSA) is 116 Å². The SMILES string of the molecule is CCOC(=O)COc1ccccc1C=C1SC(=O)N(Cc2cccc([N+](=O)[O-])c2)C1=O. The van der Waals surface area contributed by atoms with Crippen molar-refractivity contribution in [3.05, 3.63) is 74.7 Å². The molecule has 0 atom stereocenters. The summed E-state index contributed by atoms with van der Waals surface area (Å²) in [5.74, 6) is -0.669. The molecule has 3 rings (SSSR count). The molecule has 2 aromatic carbocycles. The Hall–Kier alpha value is -3.66. The van der Waals surface area contributed by atoms with Gasteiger partial charge in [0.2, 0.25) is 0 Å².